The average molecular weight is 191 g/mol. The Bertz CT molecular complexity index is 351. The van der Waals surface area contributed by atoms with Gasteiger partial charge in [-0.25, -0.2) is 4.79 Å². The van der Waals surface area contributed by atoms with Gasteiger partial charge in [0.15, 0.2) is 0 Å². The zero-order valence-corrected chi connectivity index (χ0v) is 7.69. The van der Waals surface area contributed by atoms with Gasteiger partial charge in [-0.2, -0.15) is 5.26 Å². The van der Waals surface area contributed by atoms with Crippen LogP contribution in [0.5, 0.6) is 5.75 Å². The Morgan fingerprint density at radius 2 is 2.07 bits per heavy atom. The second-order valence-electron chi connectivity index (χ2n) is 2.42. The molecule has 0 fully saturated rings. The highest BCUT2D eigenvalue weighted by atomic mass is 16.7. The number of nitrogens with zero attached hydrogens (tertiary/aromatic N) is 1. The van der Waals surface area contributed by atoms with Gasteiger partial charge in [-0.1, -0.05) is 0 Å². The van der Waals surface area contributed by atoms with Crippen molar-refractivity contribution in [3.8, 4) is 11.8 Å². The molecule has 0 spiro atoms. The molecule has 1 aromatic carbocycles. The van der Waals surface area contributed by atoms with Crippen molar-refractivity contribution in [1.29, 1.82) is 5.26 Å². The van der Waals surface area contributed by atoms with Crippen molar-refractivity contribution in [2.24, 2.45) is 0 Å². The lowest BCUT2D eigenvalue weighted by atomic mass is 10.2. The minimum absolute atomic E-state index is 0.273. The summed E-state index contributed by atoms with van der Waals surface area (Å²) in [5.74, 6) is 0.363. The number of ether oxygens (including phenoxy) is 2. The van der Waals surface area contributed by atoms with Gasteiger partial charge in [-0.3, -0.25) is 0 Å². The van der Waals surface area contributed by atoms with Crippen molar-refractivity contribution in [1.82, 2.24) is 0 Å². The highest BCUT2D eigenvalue weighted by molar-refractivity contribution is 5.63. The third-order valence-corrected chi connectivity index (χ3v) is 1.45. The predicted octanol–water partition coefficient (Wildman–Crippen LogP) is 2.09. The lowest BCUT2D eigenvalue weighted by Crippen LogP contribution is -2.09. The third kappa shape index (κ3) is 2.79. The average Bonchev–Trinajstić information content (AvgIpc) is 2.19. The summed E-state index contributed by atoms with van der Waals surface area (Å²) in [6, 6.07) is 8.16. The number of nitriles is 1. The smallest absolute Gasteiger partial charge is 0.434 e. The molecule has 0 aromatic heterocycles. The quantitative estimate of drug-likeness (QED) is 0.530. The number of rotatable bonds is 2. The molecule has 0 bridgehead atoms. The molecular weight excluding hydrogens is 182 g/mol. The van der Waals surface area contributed by atoms with E-state index in [0.29, 0.717) is 11.3 Å². The van der Waals surface area contributed by atoms with Crippen LogP contribution in [-0.4, -0.2) is 12.8 Å². The highest BCUT2D eigenvalue weighted by Crippen LogP contribution is 2.11. The normalized spacial score (nSPS) is 8.86. The standard InChI is InChI=1S/C10H9NO3/c1-2-13-10(12)14-9-5-3-8(7-11)4-6-9/h3-6H,2H2,1H3. The molecule has 1 rings (SSSR count). The van der Waals surface area contributed by atoms with Gasteiger partial charge in [0, 0.05) is 0 Å². The number of hydrogen-bond acceptors (Lipinski definition) is 4. The van der Waals surface area contributed by atoms with E-state index in [4.69, 9.17) is 10.00 Å². The monoisotopic (exact) mass is 191 g/mol. The maximum Gasteiger partial charge on any atom is 0.513 e. The van der Waals surface area contributed by atoms with E-state index in [9.17, 15) is 4.79 Å². The van der Waals surface area contributed by atoms with Crippen LogP contribution in [-0.2, 0) is 4.74 Å². The number of hydrogen-bond donors (Lipinski definition) is 0. The van der Waals surface area contributed by atoms with E-state index in [1.807, 2.05) is 6.07 Å². The van der Waals surface area contributed by atoms with Crippen molar-refractivity contribution < 1.29 is 14.3 Å². The van der Waals surface area contributed by atoms with Crippen molar-refractivity contribution >= 4 is 6.16 Å². The van der Waals surface area contributed by atoms with Crippen LogP contribution in [0, 0.1) is 11.3 Å². The second kappa shape index (κ2) is 4.87. The van der Waals surface area contributed by atoms with Gasteiger partial charge in [0.25, 0.3) is 0 Å². The van der Waals surface area contributed by atoms with Crippen LogP contribution in [0.2, 0.25) is 0 Å². The van der Waals surface area contributed by atoms with Gasteiger partial charge < -0.3 is 9.47 Å². The summed E-state index contributed by atoms with van der Waals surface area (Å²) in [5.41, 5.74) is 0.515. The van der Waals surface area contributed by atoms with Gasteiger partial charge in [-0.05, 0) is 31.2 Å². The van der Waals surface area contributed by atoms with Gasteiger partial charge in [-0.15, -0.1) is 0 Å². The molecule has 1 aromatic rings. The third-order valence-electron chi connectivity index (χ3n) is 1.45. The largest absolute Gasteiger partial charge is 0.513 e. The van der Waals surface area contributed by atoms with E-state index >= 15 is 0 Å². The molecular formula is C10H9NO3. The summed E-state index contributed by atoms with van der Waals surface area (Å²) in [7, 11) is 0. The Balaban J connectivity index is 2.61. The fourth-order valence-corrected chi connectivity index (χ4v) is 0.841. The van der Waals surface area contributed by atoms with E-state index in [1.165, 1.54) is 12.1 Å². The molecule has 0 aliphatic heterocycles. The number of benzene rings is 1. The van der Waals surface area contributed by atoms with Crippen LogP contribution in [0.25, 0.3) is 0 Å². The highest BCUT2D eigenvalue weighted by Gasteiger charge is 2.03. The Kier molecular flexibility index (Phi) is 3.50. The van der Waals surface area contributed by atoms with Crippen molar-refractivity contribution in [2.75, 3.05) is 6.61 Å². The minimum atomic E-state index is -0.739. The molecule has 0 heterocycles. The Morgan fingerprint density at radius 1 is 1.43 bits per heavy atom. The minimum Gasteiger partial charge on any atom is -0.434 e. The lowest BCUT2D eigenvalue weighted by Gasteiger charge is -2.02. The predicted molar refractivity (Wildman–Crippen MR) is 48.8 cm³/mol. The van der Waals surface area contributed by atoms with E-state index in [1.54, 1.807) is 19.1 Å². The molecule has 72 valence electrons. The van der Waals surface area contributed by atoms with Crippen LogP contribution in [0.1, 0.15) is 12.5 Å². The molecule has 0 atom stereocenters. The summed E-state index contributed by atoms with van der Waals surface area (Å²) in [4.78, 5) is 10.9. The summed E-state index contributed by atoms with van der Waals surface area (Å²) in [6.45, 7) is 1.97. The zero-order chi connectivity index (χ0) is 10.4. The molecule has 4 heteroatoms. The van der Waals surface area contributed by atoms with E-state index < -0.39 is 6.16 Å². The lowest BCUT2D eigenvalue weighted by molar-refractivity contribution is 0.104. The zero-order valence-electron chi connectivity index (χ0n) is 7.69. The number of carbonyl (C=O) groups is 1. The van der Waals surface area contributed by atoms with Crippen molar-refractivity contribution in [3.63, 3.8) is 0 Å². The van der Waals surface area contributed by atoms with E-state index in [0.717, 1.165) is 0 Å². The SMILES string of the molecule is CCOC(=O)Oc1ccc(C#N)cc1. The molecule has 0 amide bonds. The molecule has 0 unspecified atom stereocenters. The molecule has 0 aliphatic carbocycles. The second-order valence-corrected chi connectivity index (χ2v) is 2.42. The molecule has 0 radical (unpaired) electrons. The Morgan fingerprint density at radius 3 is 2.57 bits per heavy atom. The van der Waals surface area contributed by atoms with Crippen LogP contribution in [0.4, 0.5) is 4.79 Å². The van der Waals surface area contributed by atoms with Crippen LogP contribution in [0.3, 0.4) is 0 Å². The molecule has 14 heavy (non-hydrogen) atoms. The fraction of sp³-hybridized carbons (Fsp3) is 0.200. The molecule has 0 saturated heterocycles. The van der Waals surface area contributed by atoms with Gasteiger partial charge in [0.05, 0.1) is 18.2 Å². The maximum atomic E-state index is 10.9. The first-order valence-electron chi connectivity index (χ1n) is 4.11. The molecule has 4 nitrogen and oxygen atoms in total. The van der Waals surface area contributed by atoms with E-state index in [-0.39, 0.29) is 6.61 Å². The summed E-state index contributed by atoms with van der Waals surface area (Å²) in [6.07, 6.45) is -0.739. The Hall–Kier alpha value is -2.02. The topological polar surface area (TPSA) is 59.3 Å². The number of carbonyl (C=O) groups excluding carboxylic acids is 1. The van der Waals surface area contributed by atoms with Gasteiger partial charge in [0.2, 0.25) is 0 Å². The van der Waals surface area contributed by atoms with Crippen LogP contribution in [0.15, 0.2) is 24.3 Å². The maximum absolute atomic E-state index is 10.9. The van der Waals surface area contributed by atoms with Crippen molar-refractivity contribution in [2.45, 2.75) is 6.92 Å². The summed E-state index contributed by atoms with van der Waals surface area (Å²) < 4.78 is 9.36. The first-order valence-corrected chi connectivity index (χ1v) is 4.11. The Labute approximate surface area is 81.7 Å². The molecule has 0 saturated carbocycles. The summed E-state index contributed by atoms with van der Waals surface area (Å²) >= 11 is 0. The first kappa shape index (κ1) is 10.1. The van der Waals surface area contributed by atoms with Gasteiger partial charge in [0.1, 0.15) is 5.75 Å². The molecule has 0 N–H and O–H groups in total. The summed E-state index contributed by atoms with van der Waals surface area (Å²) in [5, 5.41) is 8.51. The fourth-order valence-electron chi connectivity index (χ4n) is 0.841. The van der Waals surface area contributed by atoms with Crippen LogP contribution >= 0.6 is 0 Å². The van der Waals surface area contributed by atoms with Crippen LogP contribution < -0.4 is 4.74 Å². The van der Waals surface area contributed by atoms with Gasteiger partial charge >= 0.3 is 6.16 Å². The van der Waals surface area contributed by atoms with Crippen molar-refractivity contribution in [3.05, 3.63) is 29.8 Å². The first-order chi connectivity index (χ1) is 6.76. The van der Waals surface area contributed by atoms with E-state index in [2.05, 4.69) is 4.74 Å². The molecule has 0 aliphatic rings.